The predicted octanol–water partition coefficient (Wildman–Crippen LogP) is 11.1. The summed E-state index contributed by atoms with van der Waals surface area (Å²) in [4.78, 5) is 65.6. The number of pyridine rings is 4. The lowest BCUT2D eigenvalue weighted by Gasteiger charge is -2.20. The molecular weight excluding hydrogens is 1570 g/mol. The number of esters is 1. The number of aromatic amines is 1. The summed E-state index contributed by atoms with van der Waals surface area (Å²) in [6, 6.07) is 7.20. The summed E-state index contributed by atoms with van der Waals surface area (Å²) in [5.41, 5.74) is 17.9. The standard InChI is InChI=1S/C27H23ClFN9O.C18H20BrN5O2.C17H16N8O2.C8H7ClFN3.C3H5N3.ClH/c1-15-31-14-38(34-15)24-9-18(17-2-3-17)8-19-6-16(7-20(19)24)11-37-12-23(33-35-37)27(39)30-10-22-26-25(29)21(28)4-5-36(26)13-32-22;1-18(2,3)26-17(25)15-10-24(22-21-15)9-13-8-23-7-12(11-4-5-11)6-14(19)16(23)20-13;1-10-18-9-25(21-10)15-4-12(11-2-3-11)5-23-6-13(19-16(15)23)7-24-8-14(17(26)27)20-22-24;9-5-1-2-13-4-12-6(3-11)8(13)7(5)10;1-3-4-2-5-6-3;/h4-9,12-14,17,19H,2-3,10-11H2,1H3,(H,30,39);6-8,10-11H,4-5,9H2,1-3H3;4-6,8-9,11H,2-3,7H2,1H3,(H,26,27);1-2,4H,3,11H2;2H,1H3,(H,4,5,6);1H. The van der Waals surface area contributed by atoms with Crippen molar-refractivity contribution in [3.8, 4) is 5.69 Å². The number of aromatic carboxylic acids is 1. The number of carbonyl (C=O) groups is 3. The van der Waals surface area contributed by atoms with Gasteiger partial charge in [0.05, 0.1) is 100 Å². The number of carboxylic acid groups (broad SMARTS) is 1. The number of halogens is 6. The van der Waals surface area contributed by atoms with E-state index in [1.807, 2.05) is 67.4 Å². The second-order valence-electron chi connectivity index (χ2n) is 28.1. The molecule has 14 heterocycles. The molecule has 1 atom stereocenters. The summed E-state index contributed by atoms with van der Waals surface area (Å²) in [5, 5.41) is 50.6. The molecule has 3 saturated carbocycles. The number of hydrogen-bond donors (Lipinski definition) is 4. The molecule has 14 aromatic heterocycles. The average Bonchev–Trinajstić information content (AvgIpc) is 1.63. The number of ether oxygens (including phenoxy) is 1. The second-order valence-corrected chi connectivity index (χ2v) is 29.8. The molecule has 0 saturated heterocycles. The molecule has 1 amide bonds. The molecule has 5 aliphatic rings. The molecule has 19 rings (SSSR count). The van der Waals surface area contributed by atoms with Crippen LogP contribution >= 0.6 is 51.5 Å². The Balaban J connectivity index is 0.000000126. The molecule has 0 aliphatic heterocycles. The molecule has 1 unspecified atom stereocenters. The third kappa shape index (κ3) is 17.6. The molecule has 0 spiro atoms. The quantitative estimate of drug-likeness (QED) is 0.0615. The van der Waals surface area contributed by atoms with Crippen molar-refractivity contribution in [2.75, 3.05) is 0 Å². The third-order valence-electron chi connectivity index (χ3n) is 18.2. The first-order valence-electron chi connectivity index (χ1n) is 35.3. The molecule has 0 aromatic carbocycles. The van der Waals surface area contributed by atoms with Crippen LogP contribution in [0.25, 0.3) is 33.7 Å². The van der Waals surface area contributed by atoms with Gasteiger partial charge in [-0.2, -0.15) is 15.3 Å². The molecule has 5 aliphatic carbocycles. The molecule has 112 heavy (non-hydrogen) atoms. The number of amides is 1. The number of carbonyl (C=O) groups excluding carboxylic acids is 2. The van der Waals surface area contributed by atoms with Gasteiger partial charge in [-0.3, -0.25) is 9.89 Å². The first-order valence-corrected chi connectivity index (χ1v) is 36.8. The number of aryl methyl sites for hydroxylation is 3. The molecule has 0 bridgehead atoms. The summed E-state index contributed by atoms with van der Waals surface area (Å²) in [6.45, 7) is 12.5. The monoisotopic (exact) mass is 1640 g/mol. The minimum atomic E-state index is -1.10. The Labute approximate surface area is 659 Å². The van der Waals surface area contributed by atoms with Crippen LogP contribution in [0.15, 0.2) is 157 Å². The Morgan fingerprint density at radius 3 is 1.77 bits per heavy atom. The van der Waals surface area contributed by atoms with Crippen molar-refractivity contribution < 1.29 is 33.0 Å². The molecule has 5 N–H and O–H groups in total. The number of aromatic nitrogens is 26. The van der Waals surface area contributed by atoms with E-state index in [4.69, 9.17) is 43.8 Å². The number of nitrogens with two attached hydrogens (primary N) is 1. The molecule has 3 fully saturated rings. The van der Waals surface area contributed by atoms with Crippen LogP contribution in [0.5, 0.6) is 0 Å². The van der Waals surface area contributed by atoms with Gasteiger partial charge in [0.15, 0.2) is 40.0 Å². The van der Waals surface area contributed by atoms with Crippen LogP contribution in [0.3, 0.4) is 0 Å². The van der Waals surface area contributed by atoms with Crippen LogP contribution in [0.2, 0.25) is 10.0 Å². The smallest absolute Gasteiger partial charge is 0.361 e. The number of nitrogens with one attached hydrogen (secondary N) is 2. The van der Waals surface area contributed by atoms with Gasteiger partial charge in [0.1, 0.15) is 58.8 Å². The van der Waals surface area contributed by atoms with Gasteiger partial charge in [-0.25, -0.2) is 76.7 Å². The minimum absolute atomic E-state index is 0. The summed E-state index contributed by atoms with van der Waals surface area (Å²) >= 11 is 15.1. The molecular formula is C73H72BrCl3F2N28O5. The lowest BCUT2D eigenvalue weighted by Crippen LogP contribution is -2.24. The van der Waals surface area contributed by atoms with Gasteiger partial charge >= 0.3 is 11.9 Å². The van der Waals surface area contributed by atoms with Crippen LogP contribution < -0.4 is 11.1 Å². The highest BCUT2D eigenvalue weighted by atomic mass is 79.9. The van der Waals surface area contributed by atoms with Crippen LogP contribution in [-0.4, -0.2) is 156 Å². The number of nitrogens with zero attached hydrogens (tertiary/aromatic N) is 25. The van der Waals surface area contributed by atoms with Crippen molar-refractivity contribution >= 4 is 97.4 Å². The van der Waals surface area contributed by atoms with E-state index in [-0.39, 0.29) is 64.1 Å². The summed E-state index contributed by atoms with van der Waals surface area (Å²) in [6.07, 6.45) is 40.2. The SMILES string of the molecule is CC(C)(C)OC(=O)c1cn(Cc2cn3cc(C4CC4)cc(Br)c3n2)nn1.Cc1ncn(-c2cc(C3CC3)cn3cc(Cn4cc(C(=O)O)nn4)nc23)n1.Cc1ncn(C2=CC(C3CC3)=CC3C=C(Cn4cc(C(=O)NCc5ncn6ccc(Cl)c(F)c56)nn4)C=C23)n1.Cc1ncn[nH]1.Cl.NCc1ncn2ccc(Cl)c(F)c12. The molecule has 0 radical (unpaired) electrons. The molecule has 14 aromatic rings. The van der Waals surface area contributed by atoms with Crippen molar-refractivity contribution in [2.24, 2.45) is 17.6 Å². The Morgan fingerprint density at radius 2 is 1.21 bits per heavy atom. The fourth-order valence-corrected chi connectivity index (χ4v) is 13.4. The Kier molecular flexibility index (Phi) is 22.1. The van der Waals surface area contributed by atoms with Gasteiger partial charge in [0.25, 0.3) is 5.91 Å². The second kappa shape index (κ2) is 32.2. The van der Waals surface area contributed by atoms with Gasteiger partial charge in [-0.1, -0.05) is 57.1 Å². The van der Waals surface area contributed by atoms with E-state index < -0.39 is 35.1 Å². The molecule has 576 valence electrons. The van der Waals surface area contributed by atoms with E-state index in [9.17, 15) is 23.2 Å². The van der Waals surface area contributed by atoms with Gasteiger partial charge in [0, 0.05) is 49.6 Å². The Bertz CT molecular complexity index is 6000. The third-order valence-corrected chi connectivity index (χ3v) is 19.4. The Morgan fingerprint density at radius 1 is 0.661 bits per heavy atom. The summed E-state index contributed by atoms with van der Waals surface area (Å²) in [7, 11) is 0. The fraction of sp³-hybridized carbons (Fsp3) is 0.301. The predicted molar refractivity (Wildman–Crippen MR) is 409 cm³/mol. The van der Waals surface area contributed by atoms with E-state index in [0.29, 0.717) is 60.1 Å². The lowest BCUT2D eigenvalue weighted by molar-refractivity contribution is 0.00621. The topological polar surface area (TPSA) is 383 Å². The number of rotatable bonds is 17. The maximum Gasteiger partial charge on any atom is 0.361 e. The number of allylic oxidation sites excluding steroid dienone is 8. The van der Waals surface area contributed by atoms with E-state index in [2.05, 4.69) is 151 Å². The fourth-order valence-electron chi connectivity index (χ4n) is 12.6. The van der Waals surface area contributed by atoms with Gasteiger partial charge in [-0.05, 0) is 172 Å². The highest BCUT2D eigenvalue weighted by molar-refractivity contribution is 9.10. The van der Waals surface area contributed by atoms with Gasteiger partial charge in [-0.15, -0.1) is 27.7 Å². The van der Waals surface area contributed by atoms with Crippen molar-refractivity contribution in [1.82, 2.24) is 133 Å². The van der Waals surface area contributed by atoms with Crippen molar-refractivity contribution in [1.29, 1.82) is 0 Å². The number of hydrogen-bond acceptors (Lipinski definition) is 21. The van der Waals surface area contributed by atoms with Crippen LogP contribution in [-0.2, 0) is 37.5 Å². The lowest BCUT2D eigenvalue weighted by atomic mass is 9.89. The minimum Gasteiger partial charge on any atom is -0.476 e. The highest BCUT2D eigenvalue weighted by Crippen LogP contribution is 2.46. The van der Waals surface area contributed by atoms with Crippen molar-refractivity contribution in [3.05, 3.63) is 247 Å². The number of carboxylic acids is 1. The molecule has 33 nitrogen and oxygen atoms in total. The summed E-state index contributed by atoms with van der Waals surface area (Å²) < 4.78 is 49.6. The largest absolute Gasteiger partial charge is 0.476 e. The van der Waals surface area contributed by atoms with Crippen molar-refractivity contribution in [3.63, 3.8) is 0 Å². The number of H-pyrrole nitrogens is 1. The van der Waals surface area contributed by atoms with E-state index in [1.165, 1.54) is 102 Å². The summed E-state index contributed by atoms with van der Waals surface area (Å²) in [5.74, 6) is 1.25. The highest BCUT2D eigenvalue weighted by Gasteiger charge is 2.34. The number of fused-ring (bicyclic) bond motifs is 5. The maximum atomic E-state index is 14.5. The first kappa shape index (κ1) is 76.9. The van der Waals surface area contributed by atoms with Crippen LogP contribution in [0, 0.1) is 44.2 Å². The zero-order valence-electron chi connectivity index (χ0n) is 60.9. The van der Waals surface area contributed by atoms with Gasteiger partial charge < -0.3 is 38.5 Å². The van der Waals surface area contributed by atoms with Crippen LogP contribution in [0.4, 0.5) is 8.78 Å². The van der Waals surface area contributed by atoms with E-state index >= 15 is 0 Å². The van der Waals surface area contributed by atoms with Crippen molar-refractivity contribution in [2.45, 2.75) is 130 Å². The first-order chi connectivity index (χ1) is 53.4. The van der Waals surface area contributed by atoms with E-state index in [0.717, 1.165) is 61.3 Å². The maximum absolute atomic E-state index is 14.5. The zero-order chi connectivity index (χ0) is 77.5. The number of imidazole rings is 4. The zero-order valence-corrected chi connectivity index (χ0v) is 64.8. The van der Waals surface area contributed by atoms with Crippen LogP contribution in [0.1, 0.15) is 154 Å². The molecule has 39 heteroatoms. The normalized spacial score (nSPS) is 15.0. The average molecular weight is 1650 g/mol. The van der Waals surface area contributed by atoms with Gasteiger partial charge in [0.2, 0.25) is 0 Å². The van der Waals surface area contributed by atoms with E-state index in [1.54, 1.807) is 55.9 Å². The Hall–Kier alpha value is -11.9.